The molecule has 1 aliphatic carbocycles. The Kier molecular flexibility index (Phi) is 5.64. The number of rotatable bonds is 5. The molecule has 0 aliphatic heterocycles. The van der Waals surface area contributed by atoms with Gasteiger partial charge in [-0.05, 0) is 50.3 Å². The first-order valence-corrected chi connectivity index (χ1v) is 8.27. The molecule has 1 saturated carbocycles. The van der Waals surface area contributed by atoms with Crippen LogP contribution in [0.3, 0.4) is 0 Å². The number of hydrogen-bond donors (Lipinski definition) is 3. The summed E-state index contributed by atoms with van der Waals surface area (Å²) in [6.45, 7) is 5.76. The lowest BCUT2D eigenvalue weighted by Crippen LogP contribution is -2.29. The highest BCUT2D eigenvalue weighted by atomic mass is 16.4. The monoisotopic (exact) mass is 318 g/mol. The molecule has 1 aromatic carbocycles. The van der Waals surface area contributed by atoms with Gasteiger partial charge in [-0.25, -0.2) is 0 Å². The van der Waals surface area contributed by atoms with Gasteiger partial charge in [0.25, 0.3) is 0 Å². The third-order valence-electron chi connectivity index (χ3n) is 4.47. The lowest BCUT2D eigenvalue weighted by atomic mass is 9.86. The smallest absolute Gasteiger partial charge is 0.306 e. The zero-order valence-electron chi connectivity index (χ0n) is 14.1. The number of carbonyl (C=O) groups excluding carboxylic acids is 1. The van der Waals surface area contributed by atoms with Crippen molar-refractivity contribution in [3.8, 4) is 0 Å². The van der Waals surface area contributed by atoms with Gasteiger partial charge in [0, 0.05) is 23.3 Å². The minimum atomic E-state index is -0.682. The normalized spacial score (nSPS) is 21.0. The Labute approximate surface area is 137 Å². The van der Waals surface area contributed by atoms with Gasteiger partial charge >= 0.3 is 5.97 Å². The van der Waals surface area contributed by atoms with E-state index >= 15 is 0 Å². The summed E-state index contributed by atoms with van der Waals surface area (Å²) in [5.41, 5.74) is 2.91. The number of anilines is 2. The zero-order chi connectivity index (χ0) is 17.0. The molecule has 1 aliphatic rings. The molecule has 0 saturated heterocycles. The van der Waals surface area contributed by atoms with Gasteiger partial charge in [-0.1, -0.05) is 19.9 Å². The minimum absolute atomic E-state index is 0.00164. The molecular formula is C18H26N2O3. The largest absolute Gasteiger partial charge is 0.481 e. The summed E-state index contributed by atoms with van der Waals surface area (Å²) in [6, 6.07) is 6.14. The van der Waals surface area contributed by atoms with Crippen molar-refractivity contribution in [3.63, 3.8) is 0 Å². The predicted octanol–water partition coefficient (Wildman–Crippen LogP) is 3.64. The van der Waals surface area contributed by atoms with Gasteiger partial charge in [0.1, 0.15) is 0 Å². The van der Waals surface area contributed by atoms with E-state index in [1.165, 1.54) is 0 Å². The average molecular weight is 318 g/mol. The third-order valence-corrected chi connectivity index (χ3v) is 4.47. The zero-order valence-corrected chi connectivity index (χ0v) is 14.1. The Bertz CT molecular complexity index is 576. The quantitative estimate of drug-likeness (QED) is 0.774. The molecule has 5 nitrogen and oxygen atoms in total. The highest BCUT2D eigenvalue weighted by Crippen LogP contribution is 2.29. The number of hydrogen-bond acceptors (Lipinski definition) is 3. The summed E-state index contributed by atoms with van der Waals surface area (Å²) >= 11 is 0. The summed E-state index contributed by atoms with van der Waals surface area (Å²) in [5.74, 6) is -0.940. The Hall–Kier alpha value is -2.04. The van der Waals surface area contributed by atoms with Crippen LogP contribution in [0.1, 0.15) is 45.1 Å². The summed E-state index contributed by atoms with van der Waals surface area (Å²) < 4.78 is 0. The van der Waals surface area contributed by atoms with Crippen molar-refractivity contribution < 1.29 is 14.7 Å². The van der Waals surface area contributed by atoms with Crippen LogP contribution < -0.4 is 10.6 Å². The van der Waals surface area contributed by atoms with Crippen molar-refractivity contribution >= 4 is 23.3 Å². The van der Waals surface area contributed by atoms with Crippen LogP contribution >= 0.6 is 0 Å². The molecule has 1 fully saturated rings. The van der Waals surface area contributed by atoms with Crippen LogP contribution in [0.25, 0.3) is 0 Å². The van der Waals surface area contributed by atoms with Crippen molar-refractivity contribution in [2.24, 2.45) is 11.8 Å². The number of carboxylic acid groups (broad SMARTS) is 1. The van der Waals surface area contributed by atoms with Gasteiger partial charge in [0.15, 0.2) is 0 Å². The number of aliphatic carboxylic acids is 1. The van der Waals surface area contributed by atoms with E-state index in [1.807, 2.05) is 39.0 Å². The Morgan fingerprint density at radius 1 is 1.17 bits per heavy atom. The first-order valence-electron chi connectivity index (χ1n) is 8.27. The van der Waals surface area contributed by atoms with E-state index in [1.54, 1.807) is 0 Å². The van der Waals surface area contributed by atoms with E-state index in [4.69, 9.17) is 5.11 Å². The lowest BCUT2D eigenvalue weighted by Gasteiger charge is -2.28. The highest BCUT2D eigenvalue weighted by molar-refractivity contribution is 5.92. The molecule has 5 heteroatoms. The van der Waals surface area contributed by atoms with Crippen LogP contribution in [0.2, 0.25) is 0 Å². The summed E-state index contributed by atoms with van der Waals surface area (Å²) in [6.07, 6.45) is 3.16. The molecule has 23 heavy (non-hydrogen) atoms. The second kappa shape index (κ2) is 7.49. The second-order valence-corrected chi connectivity index (χ2v) is 6.70. The van der Waals surface area contributed by atoms with E-state index in [-0.39, 0.29) is 17.7 Å². The molecule has 0 radical (unpaired) electrons. The van der Waals surface area contributed by atoms with Crippen molar-refractivity contribution in [3.05, 3.63) is 23.8 Å². The van der Waals surface area contributed by atoms with Crippen LogP contribution in [0.4, 0.5) is 11.4 Å². The van der Waals surface area contributed by atoms with Crippen LogP contribution in [0.5, 0.6) is 0 Å². The van der Waals surface area contributed by atoms with Crippen LogP contribution in [0, 0.1) is 18.8 Å². The van der Waals surface area contributed by atoms with Crippen molar-refractivity contribution in [2.45, 2.75) is 52.5 Å². The summed E-state index contributed by atoms with van der Waals surface area (Å²) in [7, 11) is 0. The molecule has 0 unspecified atom stereocenters. The maximum Gasteiger partial charge on any atom is 0.306 e. The number of amides is 1. The Balaban J connectivity index is 2.00. The highest BCUT2D eigenvalue weighted by Gasteiger charge is 2.26. The molecule has 126 valence electrons. The molecule has 1 aromatic rings. The molecule has 2 rings (SSSR count). The first-order chi connectivity index (χ1) is 10.9. The molecule has 0 aromatic heterocycles. The molecule has 0 bridgehead atoms. The molecular weight excluding hydrogens is 292 g/mol. The van der Waals surface area contributed by atoms with Gasteiger partial charge in [-0.3, -0.25) is 9.59 Å². The predicted molar refractivity (Wildman–Crippen MR) is 91.7 cm³/mol. The van der Waals surface area contributed by atoms with Gasteiger partial charge in [0.2, 0.25) is 5.91 Å². The maximum atomic E-state index is 11.8. The van der Waals surface area contributed by atoms with E-state index in [0.29, 0.717) is 6.04 Å². The minimum Gasteiger partial charge on any atom is -0.481 e. The summed E-state index contributed by atoms with van der Waals surface area (Å²) in [4.78, 5) is 22.8. The Morgan fingerprint density at radius 2 is 1.83 bits per heavy atom. The number of carbonyl (C=O) groups is 2. The Morgan fingerprint density at radius 3 is 2.39 bits per heavy atom. The topological polar surface area (TPSA) is 78.4 Å². The number of carboxylic acids is 1. The van der Waals surface area contributed by atoms with Crippen LogP contribution in [-0.4, -0.2) is 23.0 Å². The molecule has 3 N–H and O–H groups in total. The fraction of sp³-hybridized carbons (Fsp3) is 0.556. The molecule has 0 spiro atoms. The SMILES string of the molecule is Cc1ccc(NC(=O)C(C)C)cc1NC1CCC(C(=O)O)CC1. The van der Waals surface area contributed by atoms with Gasteiger partial charge in [0.05, 0.1) is 5.92 Å². The van der Waals surface area contributed by atoms with Gasteiger partial charge in [-0.15, -0.1) is 0 Å². The van der Waals surface area contributed by atoms with Crippen LogP contribution in [0.15, 0.2) is 18.2 Å². The maximum absolute atomic E-state index is 11.8. The van der Waals surface area contributed by atoms with Crippen LogP contribution in [-0.2, 0) is 9.59 Å². The van der Waals surface area contributed by atoms with Crippen molar-refractivity contribution in [2.75, 3.05) is 10.6 Å². The van der Waals surface area contributed by atoms with E-state index in [9.17, 15) is 9.59 Å². The summed E-state index contributed by atoms with van der Waals surface area (Å²) in [5, 5.41) is 15.5. The molecule has 1 amide bonds. The second-order valence-electron chi connectivity index (χ2n) is 6.70. The third kappa shape index (κ3) is 4.71. The average Bonchev–Trinajstić information content (AvgIpc) is 2.51. The van der Waals surface area contributed by atoms with E-state index in [2.05, 4.69) is 10.6 Å². The number of benzene rings is 1. The fourth-order valence-corrected chi connectivity index (χ4v) is 2.85. The van der Waals surface area contributed by atoms with Gasteiger partial charge < -0.3 is 15.7 Å². The fourth-order valence-electron chi connectivity index (χ4n) is 2.85. The number of nitrogens with one attached hydrogen (secondary N) is 2. The van der Waals surface area contributed by atoms with E-state index in [0.717, 1.165) is 42.6 Å². The molecule has 0 heterocycles. The number of aryl methyl sites for hydroxylation is 1. The van der Waals surface area contributed by atoms with Crippen molar-refractivity contribution in [1.29, 1.82) is 0 Å². The lowest BCUT2D eigenvalue weighted by molar-refractivity contribution is -0.142. The first kappa shape index (κ1) is 17.3. The standard InChI is InChI=1S/C18H26N2O3/c1-11(2)17(21)20-15-7-4-12(3)16(10-15)19-14-8-5-13(6-9-14)18(22)23/h4,7,10-11,13-14,19H,5-6,8-9H2,1-3H3,(H,20,21)(H,22,23). The van der Waals surface area contributed by atoms with Gasteiger partial charge in [-0.2, -0.15) is 0 Å². The van der Waals surface area contributed by atoms with E-state index < -0.39 is 5.97 Å². The van der Waals surface area contributed by atoms with Crippen molar-refractivity contribution in [1.82, 2.24) is 0 Å². The molecule has 0 atom stereocenters.